The van der Waals surface area contributed by atoms with E-state index < -0.39 is 0 Å². The molecule has 3 unspecified atom stereocenters. The summed E-state index contributed by atoms with van der Waals surface area (Å²) >= 11 is 0. The first-order valence-corrected chi connectivity index (χ1v) is 17.9. The van der Waals surface area contributed by atoms with Gasteiger partial charge >= 0.3 is 0 Å². The summed E-state index contributed by atoms with van der Waals surface area (Å²) in [6, 6.07) is 24.9. The number of fused-ring (bicyclic) bond motifs is 1. The highest BCUT2D eigenvalue weighted by Gasteiger charge is 2.26. The lowest BCUT2D eigenvalue weighted by Crippen LogP contribution is -2.29. The Morgan fingerprint density at radius 2 is 1.55 bits per heavy atom. The Morgan fingerprint density at radius 3 is 2.43 bits per heavy atom. The van der Waals surface area contributed by atoms with E-state index in [-0.39, 0.29) is 12.0 Å². The van der Waals surface area contributed by atoms with Crippen molar-refractivity contribution in [1.29, 1.82) is 0 Å². The average molecular weight is 637 g/mol. The molecule has 0 aliphatic heterocycles. The molecule has 0 bridgehead atoms. The van der Waals surface area contributed by atoms with Gasteiger partial charge in [-0.2, -0.15) is 0 Å². The third kappa shape index (κ3) is 6.56. The molecule has 0 saturated heterocycles. The minimum atomic E-state index is 0.189. The molecule has 0 heterocycles. The van der Waals surface area contributed by atoms with E-state index in [4.69, 9.17) is 0 Å². The van der Waals surface area contributed by atoms with Crippen molar-refractivity contribution in [3.05, 3.63) is 204 Å². The van der Waals surface area contributed by atoms with Crippen LogP contribution < -0.4 is 4.90 Å². The number of allylic oxidation sites excluding steroid dienone is 18. The molecule has 0 amide bonds. The van der Waals surface area contributed by atoms with E-state index in [1.807, 2.05) is 0 Å². The van der Waals surface area contributed by atoms with E-state index in [1.54, 1.807) is 0 Å². The number of benzene rings is 3. The highest BCUT2D eigenvalue weighted by molar-refractivity contribution is 5.87. The van der Waals surface area contributed by atoms with Gasteiger partial charge in [-0.05, 0) is 114 Å². The fourth-order valence-electron chi connectivity index (χ4n) is 7.83. The van der Waals surface area contributed by atoms with Gasteiger partial charge in [0, 0.05) is 34.4 Å². The van der Waals surface area contributed by atoms with Crippen LogP contribution in [0.2, 0.25) is 0 Å². The van der Waals surface area contributed by atoms with E-state index in [9.17, 15) is 0 Å². The van der Waals surface area contributed by atoms with Gasteiger partial charge in [0.2, 0.25) is 0 Å². The zero-order valence-corrected chi connectivity index (χ0v) is 28.3. The summed E-state index contributed by atoms with van der Waals surface area (Å²) in [7, 11) is 0. The van der Waals surface area contributed by atoms with Crippen molar-refractivity contribution < 1.29 is 0 Å². The number of rotatable bonds is 7. The van der Waals surface area contributed by atoms with Crippen molar-refractivity contribution in [3.63, 3.8) is 0 Å². The second kappa shape index (κ2) is 14.0. The predicted octanol–water partition coefficient (Wildman–Crippen LogP) is 12.2. The van der Waals surface area contributed by atoms with Crippen LogP contribution in [0.25, 0.3) is 10.8 Å². The zero-order valence-electron chi connectivity index (χ0n) is 28.3. The summed E-state index contributed by atoms with van der Waals surface area (Å²) < 4.78 is 0. The molecule has 5 aliphatic rings. The molecule has 0 aromatic heterocycles. The van der Waals surface area contributed by atoms with E-state index in [1.165, 1.54) is 55.9 Å². The highest BCUT2D eigenvalue weighted by Crippen LogP contribution is 2.40. The van der Waals surface area contributed by atoms with Gasteiger partial charge in [-0.15, -0.1) is 0 Å². The fourth-order valence-corrected chi connectivity index (χ4v) is 7.83. The molecule has 8 rings (SSSR count). The minimum absolute atomic E-state index is 0.189. The number of anilines is 2. The highest BCUT2D eigenvalue weighted by atomic mass is 15.2. The second-order valence-electron chi connectivity index (χ2n) is 13.6. The molecule has 0 N–H and O–H groups in total. The maximum atomic E-state index is 2.50. The van der Waals surface area contributed by atoms with Crippen LogP contribution in [-0.4, -0.2) is 10.9 Å². The van der Waals surface area contributed by atoms with Crippen LogP contribution in [0, 0.1) is 5.92 Å². The van der Waals surface area contributed by atoms with Crippen molar-refractivity contribution in [3.8, 4) is 0 Å². The molecule has 3 atom stereocenters. The normalized spacial score (nSPS) is 22.7. The van der Waals surface area contributed by atoms with E-state index in [0.717, 1.165) is 32.1 Å². The largest absolute Gasteiger partial charge is 0.334 e. The first-order valence-electron chi connectivity index (χ1n) is 17.9. The first-order chi connectivity index (χ1) is 24.2. The summed E-state index contributed by atoms with van der Waals surface area (Å²) in [6.07, 6.45) is 44.0. The molecule has 49 heavy (non-hydrogen) atoms. The van der Waals surface area contributed by atoms with Gasteiger partial charge in [0.25, 0.3) is 0 Å². The fraction of sp³-hybridized carbons (Fsp3) is 0.191. The van der Waals surface area contributed by atoms with Gasteiger partial charge in [0.15, 0.2) is 0 Å². The number of hydrogen-bond donors (Lipinski definition) is 0. The standard InChI is InChI=1S/C47H44N2/c1-35-32-46(34-40-16-11-12-23-47(35)40)49(42-18-5-2-3-6-19-42)43-22-13-17-36(24-28-43)38-25-29-44(30-26-38)48(41-20-7-4-8-21-41)45-31-27-37-14-9-10-15-39(37)33-45/h2-5,7-10,12-15,17-20,22-31,33-36,41H,6,11,16,21,32H2,1H3. The summed E-state index contributed by atoms with van der Waals surface area (Å²) in [4.78, 5) is 4.99. The van der Waals surface area contributed by atoms with E-state index in [0.29, 0.717) is 5.92 Å². The number of nitrogens with zero attached hydrogens (tertiary/aromatic N) is 2. The van der Waals surface area contributed by atoms with Crippen LogP contribution in [0.5, 0.6) is 0 Å². The molecule has 2 heteroatoms. The Kier molecular flexibility index (Phi) is 8.86. The summed E-state index contributed by atoms with van der Waals surface area (Å²) in [6.45, 7) is 2.38. The Balaban J connectivity index is 1.08. The van der Waals surface area contributed by atoms with Crippen LogP contribution in [0.4, 0.5) is 11.4 Å². The van der Waals surface area contributed by atoms with Gasteiger partial charge in [-0.1, -0.05) is 128 Å². The van der Waals surface area contributed by atoms with Crippen molar-refractivity contribution in [1.82, 2.24) is 4.90 Å². The van der Waals surface area contributed by atoms with Gasteiger partial charge in [-0.25, -0.2) is 0 Å². The van der Waals surface area contributed by atoms with E-state index >= 15 is 0 Å². The summed E-state index contributed by atoms with van der Waals surface area (Å²) in [5, 5.41) is 2.53. The third-order valence-corrected chi connectivity index (χ3v) is 10.3. The quantitative estimate of drug-likeness (QED) is 0.255. The molecular weight excluding hydrogens is 593 g/mol. The monoisotopic (exact) mass is 636 g/mol. The SMILES string of the molecule is CC1CC(N(C2=CC=CC(c3ccc(N(c4ccc5ccccc5c4)C4C=CC=CC4)cc3)C=C2)C2=CCC=CC=C2)=CC2=C1C=CCC2. The molecule has 0 fully saturated rings. The first kappa shape index (κ1) is 31.0. The van der Waals surface area contributed by atoms with E-state index in [2.05, 4.69) is 187 Å². The Hall–Kier alpha value is -5.34. The van der Waals surface area contributed by atoms with Crippen LogP contribution >= 0.6 is 0 Å². The molecule has 3 aromatic rings. The second-order valence-corrected chi connectivity index (χ2v) is 13.6. The van der Waals surface area contributed by atoms with Gasteiger partial charge in [0.05, 0.1) is 6.04 Å². The van der Waals surface area contributed by atoms with Crippen LogP contribution in [0.3, 0.4) is 0 Å². The lowest BCUT2D eigenvalue weighted by atomic mass is 9.81. The van der Waals surface area contributed by atoms with Gasteiger partial charge in [-0.3, -0.25) is 0 Å². The van der Waals surface area contributed by atoms with Crippen LogP contribution in [0.15, 0.2) is 198 Å². The topological polar surface area (TPSA) is 6.48 Å². The smallest absolute Gasteiger partial charge is 0.0559 e. The van der Waals surface area contributed by atoms with Gasteiger partial charge < -0.3 is 9.80 Å². The molecule has 3 aromatic carbocycles. The van der Waals surface area contributed by atoms with Crippen molar-refractivity contribution in [2.24, 2.45) is 5.92 Å². The Morgan fingerprint density at radius 1 is 0.694 bits per heavy atom. The number of hydrogen-bond acceptors (Lipinski definition) is 2. The zero-order chi connectivity index (χ0) is 33.0. The average Bonchev–Trinajstić information content (AvgIpc) is 3.57. The summed E-state index contributed by atoms with van der Waals surface area (Å²) in [5.41, 5.74) is 10.6. The molecule has 0 radical (unpaired) electrons. The molecule has 5 aliphatic carbocycles. The maximum Gasteiger partial charge on any atom is 0.0559 e. The van der Waals surface area contributed by atoms with Crippen molar-refractivity contribution in [2.75, 3.05) is 4.90 Å². The van der Waals surface area contributed by atoms with Crippen molar-refractivity contribution >= 4 is 22.1 Å². The lowest BCUT2D eigenvalue weighted by molar-refractivity contribution is 0.485. The summed E-state index contributed by atoms with van der Waals surface area (Å²) in [5.74, 6) is 0.697. The molecular formula is C47H44N2. The van der Waals surface area contributed by atoms with Crippen LogP contribution in [-0.2, 0) is 0 Å². The Bertz CT molecular complexity index is 2070. The molecule has 0 spiro atoms. The third-order valence-electron chi connectivity index (χ3n) is 10.3. The predicted molar refractivity (Wildman–Crippen MR) is 208 cm³/mol. The molecule has 0 saturated carbocycles. The minimum Gasteiger partial charge on any atom is -0.334 e. The van der Waals surface area contributed by atoms with Gasteiger partial charge in [0.1, 0.15) is 0 Å². The van der Waals surface area contributed by atoms with Crippen molar-refractivity contribution in [2.45, 2.75) is 51.0 Å². The van der Waals surface area contributed by atoms with Crippen LogP contribution in [0.1, 0.15) is 50.5 Å². The molecule has 2 nitrogen and oxygen atoms in total. The Labute approximate surface area is 291 Å². The molecule has 242 valence electrons. The lowest BCUT2D eigenvalue weighted by Gasteiger charge is -2.35. The maximum absolute atomic E-state index is 2.50.